The number of pyridine rings is 1. The van der Waals surface area contributed by atoms with Crippen LogP contribution in [-0.2, 0) is 6.54 Å². The fourth-order valence-corrected chi connectivity index (χ4v) is 3.29. The molecule has 0 amide bonds. The highest BCUT2D eigenvalue weighted by molar-refractivity contribution is 5.79. The summed E-state index contributed by atoms with van der Waals surface area (Å²) >= 11 is 0. The third-order valence-corrected chi connectivity index (χ3v) is 4.70. The monoisotopic (exact) mass is 355 g/mol. The van der Waals surface area contributed by atoms with Crippen molar-refractivity contribution in [3.63, 3.8) is 0 Å². The molecule has 2 aromatic heterocycles. The zero-order chi connectivity index (χ0) is 18.2. The van der Waals surface area contributed by atoms with Gasteiger partial charge in [-0.3, -0.25) is 4.99 Å². The number of likely N-dealkylation sites (tertiary alicyclic amines) is 1. The molecule has 1 aliphatic rings. The van der Waals surface area contributed by atoms with E-state index in [9.17, 15) is 0 Å². The van der Waals surface area contributed by atoms with Gasteiger partial charge in [-0.2, -0.15) is 5.10 Å². The Bertz CT molecular complexity index is 688. The van der Waals surface area contributed by atoms with E-state index in [-0.39, 0.29) is 0 Å². The lowest BCUT2D eigenvalue weighted by atomic mass is 10.1. The Morgan fingerprint density at radius 1 is 1.31 bits per heavy atom. The van der Waals surface area contributed by atoms with Crippen molar-refractivity contribution in [3.8, 4) is 5.82 Å². The number of rotatable bonds is 6. The Hall–Kier alpha value is -2.41. The maximum atomic E-state index is 4.37. The van der Waals surface area contributed by atoms with Gasteiger partial charge in [-0.05, 0) is 49.6 Å². The van der Waals surface area contributed by atoms with Gasteiger partial charge in [0.15, 0.2) is 11.8 Å². The SMILES string of the molecule is CCCN1CCC(NC(=NC)NCc2ccnc(-n3cccn3)c2)CC1. The molecule has 0 saturated carbocycles. The number of aromatic nitrogens is 3. The Morgan fingerprint density at radius 2 is 2.15 bits per heavy atom. The normalized spacial score (nSPS) is 16.6. The third-order valence-electron chi connectivity index (χ3n) is 4.70. The van der Waals surface area contributed by atoms with E-state index in [1.807, 2.05) is 37.6 Å². The van der Waals surface area contributed by atoms with Crippen molar-refractivity contribution in [3.05, 3.63) is 42.4 Å². The van der Waals surface area contributed by atoms with E-state index in [0.717, 1.165) is 17.3 Å². The molecule has 0 radical (unpaired) electrons. The number of guanidine groups is 1. The fraction of sp³-hybridized carbons (Fsp3) is 0.526. The number of aliphatic imine (C=N–C) groups is 1. The van der Waals surface area contributed by atoms with Gasteiger partial charge in [0.2, 0.25) is 0 Å². The number of nitrogens with zero attached hydrogens (tertiary/aromatic N) is 5. The summed E-state index contributed by atoms with van der Waals surface area (Å²) < 4.78 is 1.76. The summed E-state index contributed by atoms with van der Waals surface area (Å²) in [6, 6.07) is 6.43. The van der Waals surface area contributed by atoms with Crippen LogP contribution in [0.2, 0.25) is 0 Å². The van der Waals surface area contributed by atoms with Crippen LogP contribution in [0.1, 0.15) is 31.7 Å². The molecule has 0 atom stereocenters. The van der Waals surface area contributed by atoms with Gasteiger partial charge in [-0.1, -0.05) is 6.92 Å². The summed E-state index contributed by atoms with van der Waals surface area (Å²) in [7, 11) is 1.82. The van der Waals surface area contributed by atoms with Crippen molar-refractivity contribution < 1.29 is 0 Å². The van der Waals surface area contributed by atoms with Crippen molar-refractivity contribution in [2.24, 2.45) is 4.99 Å². The molecule has 2 aromatic rings. The van der Waals surface area contributed by atoms with Crippen molar-refractivity contribution in [2.45, 2.75) is 38.8 Å². The van der Waals surface area contributed by atoms with Crippen LogP contribution in [0.15, 0.2) is 41.8 Å². The molecule has 2 N–H and O–H groups in total. The van der Waals surface area contributed by atoms with Crippen LogP contribution in [0.25, 0.3) is 5.82 Å². The minimum absolute atomic E-state index is 0.492. The molecule has 0 spiro atoms. The second-order valence-corrected chi connectivity index (χ2v) is 6.66. The molecular formula is C19H29N7. The highest BCUT2D eigenvalue weighted by Gasteiger charge is 2.19. The van der Waals surface area contributed by atoms with Crippen LogP contribution < -0.4 is 10.6 Å². The second kappa shape index (κ2) is 9.33. The van der Waals surface area contributed by atoms with Gasteiger partial charge in [0, 0.05) is 51.3 Å². The summed E-state index contributed by atoms with van der Waals surface area (Å²) in [6.07, 6.45) is 9.02. The topological polar surface area (TPSA) is 70.4 Å². The van der Waals surface area contributed by atoms with Gasteiger partial charge >= 0.3 is 0 Å². The van der Waals surface area contributed by atoms with Crippen LogP contribution in [0, 0.1) is 0 Å². The standard InChI is InChI=1S/C19H29N7/c1-3-10-25-12-6-17(7-13-25)24-19(20-2)22-15-16-5-9-21-18(14-16)26-11-4-8-23-26/h4-5,8-9,11,14,17H,3,6-7,10,12-13,15H2,1-2H3,(H2,20,22,24). The largest absolute Gasteiger partial charge is 0.354 e. The van der Waals surface area contributed by atoms with Crippen LogP contribution in [0.4, 0.5) is 0 Å². The van der Waals surface area contributed by atoms with E-state index in [0.29, 0.717) is 12.6 Å². The second-order valence-electron chi connectivity index (χ2n) is 6.66. The van der Waals surface area contributed by atoms with Gasteiger partial charge < -0.3 is 15.5 Å². The summed E-state index contributed by atoms with van der Waals surface area (Å²) in [5.74, 6) is 1.68. The van der Waals surface area contributed by atoms with Crippen molar-refractivity contribution in [1.82, 2.24) is 30.3 Å². The average Bonchev–Trinajstić information content (AvgIpc) is 3.22. The molecule has 1 aliphatic heterocycles. The molecule has 0 aromatic carbocycles. The smallest absolute Gasteiger partial charge is 0.191 e. The van der Waals surface area contributed by atoms with E-state index in [1.54, 1.807) is 10.9 Å². The lowest BCUT2D eigenvalue weighted by molar-refractivity contribution is 0.206. The molecule has 7 heteroatoms. The van der Waals surface area contributed by atoms with Gasteiger partial charge in [0.05, 0.1) is 0 Å². The number of hydrogen-bond acceptors (Lipinski definition) is 4. The van der Waals surface area contributed by atoms with Crippen LogP contribution in [-0.4, -0.2) is 58.3 Å². The fourth-order valence-electron chi connectivity index (χ4n) is 3.29. The highest BCUT2D eigenvalue weighted by Crippen LogP contribution is 2.10. The van der Waals surface area contributed by atoms with E-state index >= 15 is 0 Å². The molecular weight excluding hydrogens is 326 g/mol. The minimum Gasteiger partial charge on any atom is -0.354 e. The molecule has 3 rings (SSSR count). The highest BCUT2D eigenvalue weighted by atomic mass is 15.3. The first-order chi connectivity index (χ1) is 12.8. The first-order valence-corrected chi connectivity index (χ1v) is 9.43. The van der Waals surface area contributed by atoms with Crippen LogP contribution in [0.3, 0.4) is 0 Å². The first-order valence-electron chi connectivity index (χ1n) is 9.43. The predicted molar refractivity (Wildman–Crippen MR) is 104 cm³/mol. The molecule has 1 fully saturated rings. The lowest BCUT2D eigenvalue weighted by Gasteiger charge is -2.32. The number of hydrogen-bond donors (Lipinski definition) is 2. The van der Waals surface area contributed by atoms with Crippen molar-refractivity contribution in [2.75, 3.05) is 26.7 Å². The maximum Gasteiger partial charge on any atom is 0.191 e. The first kappa shape index (κ1) is 18.4. The minimum atomic E-state index is 0.492. The third kappa shape index (κ3) is 5.05. The van der Waals surface area contributed by atoms with Gasteiger partial charge in [0.1, 0.15) is 0 Å². The number of piperidine rings is 1. The van der Waals surface area contributed by atoms with E-state index < -0.39 is 0 Å². The quantitative estimate of drug-likeness (QED) is 0.611. The molecule has 3 heterocycles. The molecule has 26 heavy (non-hydrogen) atoms. The summed E-state index contributed by atoms with van der Waals surface area (Å²) in [4.78, 5) is 11.3. The summed E-state index contributed by atoms with van der Waals surface area (Å²) in [6.45, 7) is 6.48. The van der Waals surface area contributed by atoms with Crippen molar-refractivity contribution >= 4 is 5.96 Å². The zero-order valence-electron chi connectivity index (χ0n) is 15.7. The van der Waals surface area contributed by atoms with Gasteiger partial charge in [-0.25, -0.2) is 9.67 Å². The molecule has 1 saturated heterocycles. The number of nitrogens with one attached hydrogen (secondary N) is 2. The average molecular weight is 355 g/mol. The predicted octanol–water partition coefficient (Wildman–Crippen LogP) is 1.81. The van der Waals surface area contributed by atoms with E-state index in [4.69, 9.17) is 0 Å². The van der Waals surface area contributed by atoms with Crippen LogP contribution in [0.5, 0.6) is 0 Å². The molecule has 0 aliphatic carbocycles. The lowest BCUT2D eigenvalue weighted by Crippen LogP contribution is -2.48. The van der Waals surface area contributed by atoms with Gasteiger partial charge in [-0.15, -0.1) is 0 Å². The Labute approximate surface area is 155 Å². The van der Waals surface area contributed by atoms with E-state index in [1.165, 1.54) is 38.9 Å². The molecule has 7 nitrogen and oxygen atoms in total. The molecule has 0 bridgehead atoms. The summed E-state index contributed by atoms with van der Waals surface area (Å²) in [5.41, 5.74) is 1.14. The molecule has 140 valence electrons. The maximum absolute atomic E-state index is 4.37. The Morgan fingerprint density at radius 3 is 2.85 bits per heavy atom. The van der Waals surface area contributed by atoms with Gasteiger partial charge in [0.25, 0.3) is 0 Å². The Balaban J connectivity index is 1.50. The zero-order valence-corrected chi connectivity index (χ0v) is 15.7. The molecule has 0 unspecified atom stereocenters. The Kier molecular flexibility index (Phi) is 6.60. The van der Waals surface area contributed by atoms with Crippen LogP contribution >= 0.6 is 0 Å². The summed E-state index contributed by atoms with van der Waals surface area (Å²) in [5, 5.41) is 11.2. The van der Waals surface area contributed by atoms with Crippen molar-refractivity contribution in [1.29, 1.82) is 0 Å². The van der Waals surface area contributed by atoms with E-state index in [2.05, 4.69) is 37.5 Å².